The number of hydrogen-bond donors (Lipinski definition) is 1. The molecule has 120 valence electrons. The molecule has 0 amide bonds. The highest BCUT2D eigenvalue weighted by molar-refractivity contribution is 5.27. The van der Waals surface area contributed by atoms with Gasteiger partial charge in [0.1, 0.15) is 5.75 Å². The van der Waals surface area contributed by atoms with Crippen LogP contribution in [-0.4, -0.2) is 12.6 Å². The van der Waals surface area contributed by atoms with Crippen LogP contribution < -0.4 is 10.1 Å². The Hall–Kier alpha value is -1.02. The van der Waals surface area contributed by atoms with E-state index >= 15 is 0 Å². The van der Waals surface area contributed by atoms with Gasteiger partial charge < -0.3 is 10.1 Å². The lowest BCUT2D eigenvalue weighted by Crippen LogP contribution is -2.25. The van der Waals surface area contributed by atoms with Crippen molar-refractivity contribution in [2.45, 2.75) is 72.4 Å². The van der Waals surface area contributed by atoms with Gasteiger partial charge in [0.2, 0.25) is 0 Å². The summed E-state index contributed by atoms with van der Waals surface area (Å²) in [6.45, 7) is 10.8. The van der Waals surface area contributed by atoms with Crippen molar-refractivity contribution in [1.29, 1.82) is 0 Å². The molecule has 1 unspecified atom stereocenters. The first-order valence-corrected chi connectivity index (χ1v) is 8.57. The van der Waals surface area contributed by atoms with E-state index in [1.165, 1.54) is 31.2 Å². The smallest absolute Gasteiger partial charge is 0.119 e. The first kappa shape index (κ1) is 18.0. The van der Waals surface area contributed by atoms with Crippen molar-refractivity contribution in [2.24, 2.45) is 5.92 Å². The van der Waals surface area contributed by atoms with Crippen molar-refractivity contribution >= 4 is 0 Å². The van der Waals surface area contributed by atoms with Crippen LogP contribution in [0.3, 0.4) is 0 Å². The zero-order valence-corrected chi connectivity index (χ0v) is 14.3. The molecule has 1 atom stereocenters. The second-order valence-electron chi connectivity index (χ2n) is 6.45. The van der Waals surface area contributed by atoms with Crippen molar-refractivity contribution in [1.82, 2.24) is 5.32 Å². The largest absolute Gasteiger partial charge is 0.494 e. The minimum absolute atomic E-state index is 0.581. The van der Waals surface area contributed by atoms with Crippen LogP contribution in [0.2, 0.25) is 0 Å². The van der Waals surface area contributed by atoms with Crippen molar-refractivity contribution in [3.63, 3.8) is 0 Å². The maximum Gasteiger partial charge on any atom is 0.119 e. The van der Waals surface area contributed by atoms with Crippen molar-refractivity contribution in [3.05, 3.63) is 29.8 Å². The Bertz CT molecular complexity index is 358. The molecule has 2 nitrogen and oxygen atoms in total. The molecule has 21 heavy (non-hydrogen) atoms. The van der Waals surface area contributed by atoms with E-state index in [-0.39, 0.29) is 0 Å². The third-order valence-electron chi connectivity index (χ3n) is 3.77. The van der Waals surface area contributed by atoms with Crippen LogP contribution in [0.5, 0.6) is 5.75 Å². The van der Waals surface area contributed by atoms with E-state index in [0.717, 1.165) is 31.2 Å². The number of unbranched alkanes of at least 4 members (excludes halogenated alkanes) is 2. The molecular weight excluding hydrogens is 258 g/mol. The van der Waals surface area contributed by atoms with Gasteiger partial charge in [-0.2, -0.15) is 0 Å². The summed E-state index contributed by atoms with van der Waals surface area (Å²) in [5, 5.41) is 3.59. The summed E-state index contributed by atoms with van der Waals surface area (Å²) in [5.74, 6) is 1.78. The maximum absolute atomic E-state index is 5.73. The predicted octanol–water partition coefficient (Wildman–Crippen LogP) is 5.17. The molecule has 0 saturated heterocycles. The molecule has 0 aliphatic rings. The lowest BCUT2D eigenvalue weighted by molar-refractivity contribution is 0.306. The maximum atomic E-state index is 5.73. The summed E-state index contributed by atoms with van der Waals surface area (Å²) in [4.78, 5) is 0. The third-order valence-corrected chi connectivity index (χ3v) is 3.77. The highest BCUT2D eigenvalue weighted by Gasteiger charge is 2.03. The van der Waals surface area contributed by atoms with E-state index in [1.54, 1.807) is 0 Å². The highest BCUT2D eigenvalue weighted by atomic mass is 16.5. The Kier molecular flexibility index (Phi) is 9.16. The lowest BCUT2D eigenvalue weighted by atomic mass is 10.0. The first-order chi connectivity index (χ1) is 10.1. The zero-order valence-electron chi connectivity index (χ0n) is 14.3. The zero-order chi connectivity index (χ0) is 15.5. The van der Waals surface area contributed by atoms with E-state index in [1.807, 2.05) is 0 Å². The normalized spacial score (nSPS) is 12.6. The summed E-state index contributed by atoms with van der Waals surface area (Å²) >= 11 is 0. The van der Waals surface area contributed by atoms with Crippen molar-refractivity contribution in [3.8, 4) is 5.75 Å². The predicted molar refractivity (Wildman–Crippen MR) is 91.8 cm³/mol. The van der Waals surface area contributed by atoms with Gasteiger partial charge in [-0.1, -0.05) is 45.7 Å². The SMILES string of the molecule is CCCCCOc1ccc(CNC(C)CCC(C)C)cc1. The van der Waals surface area contributed by atoms with Gasteiger partial charge in [-0.05, 0) is 49.8 Å². The van der Waals surface area contributed by atoms with Gasteiger partial charge in [-0.25, -0.2) is 0 Å². The van der Waals surface area contributed by atoms with Crippen molar-refractivity contribution in [2.75, 3.05) is 6.61 Å². The van der Waals surface area contributed by atoms with Crippen molar-refractivity contribution < 1.29 is 4.74 Å². The summed E-state index contributed by atoms with van der Waals surface area (Å²) in [6, 6.07) is 9.08. The second kappa shape index (κ2) is 10.7. The average molecular weight is 291 g/mol. The van der Waals surface area contributed by atoms with Crippen LogP contribution in [0.15, 0.2) is 24.3 Å². The molecule has 0 fully saturated rings. The molecule has 0 aliphatic heterocycles. The Morgan fingerprint density at radius 2 is 1.71 bits per heavy atom. The van der Waals surface area contributed by atoms with E-state index in [0.29, 0.717) is 6.04 Å². The summed E-state index contributed by atoms with van der Waals surface area (Å²) in [5.41, 5.74) is 1.33. The van der Waals surface area contributed by atoms with Crippen LogP contribution >= 0.6 is 0 Å². The summed E-state index contributed by atoms with van der Waals surface area (Å²) in [7, 11) is 0. The number of rotatable bonds is 11. The number of ether oxygens (including phenoxy) is 1. The van der Waals surface area contributed by atoms with Crippen LogP contribution in [0, 0.1) is 5.92 Å². The fourth-order valence-corrected chi connectivity index (χ4v) is 2.22. The number of nitrogens with one attached hydrogen (secondary N) is 1. The Labute approximate surface area is 131 Å². The van der Waals surface area contributed by atoms with E-state index in [9.17, 15) is 0 Å². The van der Waals surface area contributed by atoms with Crippen LogP contribution in [-0.2, 0) is 6.54 Å². The molecule has 1 N–H and O–H groups in total. The molecule has 0 heterocycles. The van der Waals surface area contributed by atoms with Crippen LogP contribution in [0.1, 0.15) is 65.4 Å². The van der Waals surface area contributed by atoms with Crippen LogP contribution in [0.4, 0.5) is 0 Å². The van der Waals surface area contributed by atoms with E-state index in [2.05, 4.69) is 57.3 Å². The highest BCUT2D eigenvalue weighted by Crippen LogP contribution is 2.13. The fraction of sp³-hybridized carbons (Fsp3) is 0.684. The van der Waals surface area contributed by atoms with Gasteiger partial charge in [-0.15, -0.1) is 0 Å². The van der Waals surface area contributed by atoms with E-state index in [4.69, 9.17) is 4.74 Å². The molecule has 1 aromatic carbocycles. The standard InChI is InChI=1S/C19H33NO/c1-5-6-7-14-21-19-12-10-18(11-13-19)15-20-17(4)9-8-16(2)3/h10-13,16-17,20H,5-9,14-15H2,1-4H3. The fourth-order valence-electron chi connectivity index (χ4n) is 2.22. The monoisotopic (exact) mass is 291 g/mol. The molecule has 1 rings (SSSR count). The van der Waals surface area contributed by atoms with Gasteiger partial charge in [-0.3, -0.25) is 0 Å². The first-order valence-electron chi connectivity index (χ1n) is 8.57. The Morgan fingerprint density at radius 1 is 1.00 bits per heavy atom. The Balaban J connectivity index is 2.24. The molecule has 1 aromatic rings. The third kappa shape index (κ3) is 8.77. The minimum Gasteiger partial charge on any atom is -0.494 e. The summed E-state index contributed by atoms with van der Waals surface area (Å²) in [6.07, 6.45) is 6.17. The Morgan fingerprint density at radius 3 is 2.33 bits per heavy atom. The lowest BCUT2D eigenvalue weighted by Gasteiger charge is -2.15. The minimum atomic E-state index is 0.581. The summed E-state index contributed by atoms with van der Waals surface area (Å²) < 4.78 is 5.73. The molecule has 0 aliphatic carbocycles. The molecule has 0 spiro atoms. The number of hydrogen-bond acceptors (Lipinski definition) is 2. The quantitative estimate of drug-likeness (QED) is 0.568. The number of benzene rings is 1. The molecule has 2 heteroatoms. The molecule has 0 bridgehead atoms. The second-order valence-corrected chi connectivity index (χ2v) is 6.45. The van der Waals surface area contributed by atoms with Gasteiger partial charge in [0, 0.05) is 12.6 Å². The van der Waals surface area contributed by atoms with Gasteiger partial charge in [0.25, 0.3) is 0 Å². The van der Waals surface area contributed by atoms with Crippen LogP contribution in [0.25, 0.3) is 0 Å². The topological polar surface area (TPSA) is 21.3 Å². The van der Waals surface area contributed by atoms with E-state index < -0.39 is 0 Å². The van der Waals surface area contributed by atoms with Gasteiger partial charge in [0.05, 0.1) is 6.61 Å². The molecule has 0 aromatic heterocycles. The molecule has 0 saturated carbocycles. The molecule has 0 radical (unpaired) electrons. The molecular formula is C19H33NO. The van der Waals surface area contributed by atoms with Gasteiger partial charge in [0.15, 0.2) is 0 Å². The average Bonchev–Trinajstić information content (AvgIpc) is 2.48. The van der Waals surface area contributed by atoms with Gasteiger partial charge >= 0.3 is 0 Å².